The Kier molecular flexibility index (Phi) is 4.95. The molecule has 132 valence electrons. The van der Waals surface area contributed by atoms with Crippen molar-refractivity contribution < 1.29 is 20.1 Å². The standard InChI is InChI=1S/C15H23N5O4/c1-3-4-8(2)19-13-10-14(17-6-16-13)20(7-18-10)15-12(23)11(22)9(5-21)24-15/h6-9,11-12,15,21-23H,3-5H2,1-2H3,(H,16,17,19)/t8?,9-,11-,12-,15?/m1/s1. The molecule has 24 heavy (non-hydrogen) atoms. The molecule has 5 atom stereocenters. The monoisotopic (exact) mass is 337 g/mol. The van der Waals surface area contributed by atoms with E-state index in [1.165, 1.54) is 12.7 Å². The number of rotatable bonds is 6. The molecule has 1 aliphatic heterocycles. The molecule has 1 aliphatic rings. The van der Waals surface area contributed by atoms with E-state index in [1.54, 1.807) is 4.57 Å². The molecular weight excluding hydrogens is 314 g/mol. The molecule has 3 rings (SSSR count). The van der Waals surface area contributed by atoms with Crippen LogP contribution in [0.2, 0.25) is 0 Å². The summed E-state index contributed by atoms with van der Waals surface area (Å²) in [6, 6.07) is 0.243. The average Bonchev–Trinajstić information content (AvgIpc) is 3.11. The van der Waals surface area contributed by atoms with E-state index in [0.717, 1.165) is 12.8 Å². The lowest BCUT2D eigenvalue weighted by Gasteiger charge is -2.17. The van der Waals surface area contributed by atoms with E-state index in [0.29, 0.717) is 17.0 Å². The van der Waals surface area contributed by atoms with E-state index < -0.39 is 24.5 Å². The molecule has 0 bridgehead atoms. The van der Waals surface area contributed by atoms with Crippen molar-refractivity contribution in [2.75, 3.05) is 11.9 Å². The molecule has 0 aromatic carbocycles. The zero-order valence-electron chi connectivity index (χ0n) is 13.7. The van der Waals surface area contributed by atoms with E-state index in [4.69, 9.17) is 4.74 Å². The van der Waals surface area contributed by atoms with Gasteiger partial charge in [-0.05, 0) is 13.3 Å². The minimum atomic E-state index is -1.18. The number of aliphatic hydroxyl groups is 3. The van der Waals surface area contributed by atoms with Gasteiger partial charge in [-0.3, -0.25) is 4.57 Å². The van der Waals surface area contributed by atoms with Crippen LogP contribution in [0, 0.1) is 0 Å². The van der Waals surface area contributed by atoms with Gasteiger partial charge in [0.2, 0.25) is 0 Å². The maximum Gasteiger partial charge on any atom is 0.167 e. The Morgan fingerprint density at radius 1 is 1.29 bits per heavy atom. The number of aliphatic hydroxyl groups excluding tert-OH is 3. The molecule has 1 saturated heterocycles. The third-order valence-electron chi connectivity index (χ3n) is 4.25. The van der Waals surface area contributed by atoms with Crippen LogP contribution in [-0.2, 0) is 4.74 Å². The molecule has 3 heterocycles. The van der Waals surface area contributed by atoms with Gasteiger partial charge in [0, 0.05) is 6.04 Å². The second-order valence-corrected chi connectivity index (χ2v) is 6.11. The summed E-state index contributed by atoms with van der Waals surface area (Å²) in [5.74, 6) is 0.617. The van der Waals surface area contributed by atoms with Crippen molar-refractivity contribution in [1.82, 2.24) is 19.5 Å². The fraction of sp³-hybridized carbons (Fsp3) is 0.667. The lowest BCUT2D eigenvalue weighted by molar-refractivity contribution is -0.0511. The van der Waals surface area contributed by atoms with Gasteiger partial charge >= 0.3 is 0 Å². The Bertz CT molecular complexity index is 694. The van der Waals surface area contributed by atoms with Gasteiger partial charge in [0.05, 0.1) is 12.9 Å². The number of ether oxygens (including phenoxy) is 1. The van der Waals surface area contributed by atoms with Crippen molar-refractivity contribution in [2.24, 2.45) is 0 Å². The number of aromatic nitrogens is 4. The van der Waals surface area contributed by atoms with E-state index in [1.807, 2.05) is 0 Å². The Balaban J connectivity index is 1.91. The lowest BCUT2D eigenvalue weighted by atomic mass is 10.1. The maximum absolute atomic E-state index is 10.2. The molecule has 0 aliphatic carbocycles. The van der Waals surface area contributed by atoms with Crippen LogP contribution in [0.15, 0.2) is 12.7 Å². The minimum absolute atomic E-state index is 0.243. The summed E-state index contributed by atoms with van der Waals surface area (Å²) in [4.78, 5) is 12.8. The van der Waals surface area contributed by atoms with Crippen LogP contribution in [0.4, 0.5) is 5.82 Å². The van der Waals surface area contributed by atoms with Gasteiger partial charge in [-0.15, -0.1) is 0 Å². The highest BCUT2D eigenvalue weighted by atomic mass is 16.6. The molecule has 0 spiro atoms. The zero-order chi connectivity index (χ0) is 17.3. The first-order valence-corrected chi connectivity index (χ1v) is 8.13. The van der Waals surface area contributed by atoms with Gasteiger partial charge in [-0.2, -0.15) is 0 Å². The Morgan fingerprint density at radius 2 is 2.08 bits per heavy atom. The first-order chi connectivity index (χ1) is 11.6. The van der Waals surface area contributed by atoms with E-state index in [9.17, 15) is 15.3 Å². The number of anilines is 1. The summed E-state index contributed by atoms with van der Waals surface area (Å²) in [5.41, 5.74) is 1.06. The zero-order valence-corrected chi connectivity index (χ0v) is 13.7. The second kappa shape index (κ2) is 6.98. The van der Waals surface area contributed by atoms with Gasteiger partial charge in [0.1, 0.15) is 24.6 Å². The van der Waals surface area contributed by atoms with Gasteiger partial charge in [0.25, 0.3) is 0 Å². The molecule has 9 nitrogen and oxygen atoms in total. The molecule has 0 saturated carbocycles. The van der Waals surface area contributed by atoms with Gasteiger partial charge in [-0.1, -0.05) is 13.3 Å². The van der Waals surface area contributed by atoms with Crippen LogP contribution in [0.5, 0.6) is 0 Å². The lowest BCUT2D eigenvalue weighted by Crippen LogP contribution is -2.33. The number of hydrogen-bond donors (Lipinski definition) is 4. The molecule has 2 aromatic rings. The molecule has 4 N–H and O–H groups in total. The fourth-order valence-electron chi connectivity index (χ4n) is 2.99. The highest BCUT2D eigenvalue weighted by molar-refractivity contribution is 5.82. The summed E-state index contributed by atoms with van der Waals surface area (Å²) in [6.07, 6.45) is 0.925. The Labute approximate surface area is 139 Å². The summed E-state index contributed by atoms with van der Waals surface area (Å²) in [7, 11) is 0. The number of nitrogens with one attached hydrogen (secondary N) is 1. The number of imidazole rings is 1. The smallest absolute Gasteiger partial charge is 0.167 e. The quantitative estimate of drug-likeness (QED) is 0.582. The molecule has 2 aromatic heterocycles. The van der Waals surface area contributed by atoms with Crippen LogP contribution < -0.4 is 5.32 Å². The molecule has 1 fully saturated rings. The van der Waals surface area contributed by atoms with E-state index in [2.05, 4.69) is 34.1 Å². The number of nitrogens with zero attached hydrogens (tertiary/aromatic N) is 4. The van der Waals surface area contributed by atoms with Gasteiger partial charge < -0.3 is 25.4 Å². The summed E-state index contributed by atoms with van der Waals surface area (Å²) in [6.45, 7) is 3.81. The molecule has 9 heteroatoms. The normalized spacial score (nSPS) is 28.4. The van der Waals surface area contributed by atoms with Crippen LogP contribution in [0.1, 0.15) is 32.9 Å². The predicted octanol–water partition coefficient (Wildman–Crippen LogP) is 0.0383. The van der Waals surface area contributed by atoms with Crippen molar-refractivity contribution >= 4 is 17.0 Å². The van der Waals surface area contributed by atoms with Crippen LogP contribution in [0.3, 0.4) is 0 Å². The molecule has 2 unspecified atom stereocenters. The topological polar surface area (TPSA) is 126 Å². The summed E-state index contributed by atoms with van der Waals surface area (Å²) in [5, 5.41) is 32.6. The summed E-state index contributed by atoms with van der Waals surface area (Å²) >= 11 is 0. The predicted molar refractivity (Wildman–Crippen MR) is 86.3 cm³/mol. The van der Waals surface area contributed by atoms with Crippen LogP contribution >= 0.6 is 0 Å². The van der Waals surface area contributed by atoms with E-state index >= 15 is 0 Å². The number of hydrogen-bond acceptors (Lipinski definition) is 8. The first-order valence-electron chi connectivity index (χ1n) is 8.13. The minimum Gasteiger partial charge on any atom is -0.394 e. The largest absolute Gasteiger partial charge is 0.394 e. The van der Waals surface area contributed by atoms with Crippen LogP contribution in [0.25, 0.3) is 11.2 Å². The highest BCUT2D eigenvalue weighted by Crippen LogP contribution is 2.32. The van der Waals surface area contributed by atoms with Crippen molar-refractivity contribution in [1.29, 1.82) is 0 Å². The van der Waals surface area contributed by atoms with Crippen molar-refractivity contribution in [3.05, 3.63) is 12.7 Å². The van der Waals surface area contributed by atoms with E-state index in [-0.39, 0.29) is 12.6 Å². The number of fused-ring (bicyclic) bond motifs is 1. The van der Waals surface area contributed by atoms with Gasteiger partial charge in [0.15, 0.2) is 23.2 Å². The van der Waals surface area contributed by atoms with Crippen LogP contribution in [-0.4, -0.2) is 65.8 Å². The average molecular weight is 337 g/mol. The second-order valence-electron chi connectivity index (χ2n) is 6.11. The third kappa shape index (κ3) is 2.95. The van der Waals surface area contributed by atoms with Gasteiger partial charge in [-0.25, -0.2) is 15.0 Å². The maximum atomic E-state index is 10.2. The fourth-order valence-corrected chi connectivity index (χ4v) is 2.99. The molecule has 0 amide bonds. The van der Waals surface area contributed by atoms with Crippen molar-refractivity contribution in [2.45, 2.75) is 57.3 Å². The van der Waals surface area contributed by atoms with Crippen molar-refractivity contribution in [3.8, 4) is 0 Å². The Hall–Kier alpha value is -1.81. The molecular formula is C15H23N5O4. The van der Waals surface area contributed by atoms with Crippen molar-refractivity contribution in [3.63, 3.8) is 0 Å². The molecule has 0 radical (unpaired) electrons. The Morgan fingerprint density at radius 3 is 2.75 bits per heavy atom. The first kappa shape index (κ1) is 17.0. The summed E-state index contributed by atoms with van der Waals surface area (Å²) < 4.78 is 7.09. The SMILES string of the molecule is CCCC(C)Nc1ncnc2c1ncn2C1O[C@H](CO)[C@@H](O)[C@H]1O. The highest BCUT2D eigenvalue weighted by Gasteiger charge is 2.44. The third-order valence-corrected chi connectivity index (χ3v) is 4.25.